The SMILES string of the molecule is Cc1c(NC(=O)c2ccc(C(C)(C)C)cc2)cccc1-c1cn(C)c(=O)c(Nc2ccc(NC(=O)C3CCNCC3)cc2)n1. The molecule has 3 aromatic carbocycles. The van der Waals surface area contributed by atoms with E-state index in [1.54, 1.807) is 25.4 Å². The van der Waals surface area contributed by atoms with Crippen molar-refractivity contribution in [1.82, 2.24) is 14.9 Å². The van der Waals surface area contributed by atoms with E-state index in [4.69, 9.17) is 0 Å². The summed E-state index contributed by atoms with van der Waals surface area (Å²) in [6.45, 7) is 10.0. The number of hydrogen-bond acceptors (Lipinski definition) is 6. The van der Waals surface area contributed by atoms with Gasteiger partial charge in [0.2, 0.25) is 5.91 Å². The van der Waals surface area contributed by atoms with Crippen LogP contribution in [0.1, 0.15) is 55.1 Å². The first-order chi connectivity index (χ1) is 21.0. The number of rotatable bonds is 7. The molecule has 4 aromatic rings. The van der Waals surface area contributed by atoms with Gasteiger partial charge >= 0.3 is 0 Å². The van der Waals surface area contributed by atoms with Gasteiger partial charge in [0.1, 0.15) is 0 Å². The lowest BCUT2D eigenvalue weighted by Gasteiger charge is -2.21. The Balaban J connectivity index is 1.32. The Kier molecular flexibility index (Phi) is 8.96. The highest BCUT2D eigenvalue weighted by Crippen LogP contribution is 2.29. The van der Waals surface area contributed by atoms with Crippen molar-refractivity contribution < 1.29 is 9.59 Å². The Morgan fingerprint density at radius 1 is 0.909 bits per heavy atom. The van der Waals surface area contributed by atoms with Gasteiger partial charge in [-0.15, -0.1) is 0 Å². The van der Waals surface area contributed by atoms with Crippen molar-refractivity contribution in [3.63, 3.8) is 0 Å². The van der Waals surface area contributed by atoms with Crippen LogP contribution in [0.2, 0.25) is 0 Å². The fourth-order valence-corrected chi connectivity index (χ4v) is 5.28. The molecule has 44 heavy (non-hydrogen) atoms. The molecule has 0 bridgehead atoms. The third kappa shape index (κ3) is 7.06. The highest BCUT2D eigenvalue weighted by atomic mass is 16.2. The first kappa shape index (κ1) is 30.7. The van der Waals surface area contributed by atoms with Crippen molar-refractivity contribution in [3.8, 4) is 11.3 Å². The van der Waals surface area contributed by atoms with E-state index < -0.39 is 0 Å². The number of carbonyl (C=O) groups excluding carboxylic acids is 2. The lowest BCUT2D eigenvalue weighted by molar-refractivity contribution is -0.120. The van der Waals surface area contributed by atoms with Gasteiger partial charge < -0.3 is 25.8 Å². The Morgan fingerprint density at radius 3 is 2.23 bits per heavy atom. The largest absolute Gasteiger partial charge is 0.336 e. The summed E-state index contributed by atoms with van der Waals surface area (Å²) in [7, 11) is 1.68. The summed E-state index contributed by atoms with van der Waals surface area (Å²) in [6, 6.07) is 20.5. The highest BCUT2D eigenvalue weighted by Gasteiger charge is 2.21. The second-order valence-corrected chi connectivity index (χ2v) is 12.4. The fourth-order valence-electron chi connectivity index (χ4n) is 5.28. The van der Waals surface area contributed by atoms with E-state index in [1.165, 1.54) is 4.57 Å². The summed E-state index contributed by atoms with van der Waals surface area (Å²) < 4.78 is 1.49. The van der Waals surface area contributed by atoms with Crippen LogP contribution >= 0.6 is 0 Å². The fraction of sp³-hybridized carbons (Fsp3) is 0.314. The third-order valence-corrected chi connectivity index (χ3v) is 8.07. The molecule has 2 heterocycles. The molecule has 4 N–H and O–H groups in total. The first-order valence-corrected chi connectivity index (χ1v) is 15.0. The van der Waals surface area contributed by atoms with Crippen LogP contribution in [0.5, 0.6) is 0 Å². The average molecular weight is 593 g/mol. The van der Waals surface area contributed by atoms with Crippen molar-refractivity contribution in [1.29, 1.82) is 0 Å². The number of nitrogens with zero attached hydrogens (tertiary/aromatic N) is 2. The van der Waals surface area contributed by atoms with E-state index in [1.807, 2.05) is 61.5 Å². The van der Waals surface area contributed by atoms with E-state index in [2.05, 4.69) is 47.0 Å². The molecule has 1 saturated heterocycles. The molecule has 1 fully saturated rings. The lowest BCUT2D eigenvalue weighted by Crippen LogP contribution is -2.34. The molecule has 1 aliphatic heterocycles. The predicted molar refractivity (Wildman–Crippen MR) is 177 cm³/mol. The second-order valence-electron chi connectivity index (χ2n) is 12.4. The third-order valence-electron chi connectivity index (χ3n) is 8.07. The highest BCUT2D eigenvalue weighted by molar-refractivity contribution is 6.05. The van der Waals surface area contributed by atoms with Crippen molar-refractivity contribution in [2.24, 2.45) is 13.0 Å². The maximum Gasteiger partial charge on any atom is 0.293 e. The number of amides is 2. The van der Waals surface area contributed by atoms with Crippen LogP contribution in [0.25, 0.3) is 11.3 Å². The summed E-state index contributed by atoms with van der Waals surface area (Å²) >= 11 is 0. The van der Waals surface area contributed by atoms with Gasteiger partial charge in [0, 0.05) is 47.4 Å². The molecule has 0 spiro atoms. The number of benzene rings is 3. The summed E-state index contributed by atoms with van der Waals surface area (Å²) in [4.78, 5) is 43.4. The number of aromatic nitrogens is 2. The Bertz CT molecular complexity index is 1710. The van der Waals surface area contributed by atoms with Crippen molar-refractivity contribution in [3.05, 3.63) is 100.0 Å². The van der Waals surface area contributed by atoms with E-state index in [0.717, 1.165) is 42.6 Å². The normalized spacial score (nSPS) is 13.8. The average Bonchev–Trinajstić information content (AvgIpc) is 3.01. The first-order valence-electron chi connectivity index (χ1n) is 15.0. The van der Waals surface area contributed by atoms with Gasteiger partial charge in [-0.2, -0.15) is 0 Å². The zero-order valence-electron chi connectivity index (χ0n) is 26.0. The summed E-state index contributed by atoms with van der Waals surface area (Å²) in [5.41, 5.74) is 5.71. The molecule has 9 nitrogen and oxygen atoms in total. The topological polar surface area (TPSA) is 117 Å². The molecule has 0 aliphatic carbocycles. The van der Waals surface area contributed by atoms with Crippen molar-refractivity contribution in [2.75, 3.05) is 29.0 Å². The molecule has 1 aliphatic rings. The van der Waals surface area contributed by atoms with Gasteiger partial charge in [0.05, 0.1) is 5.69 Å². The molecule has 1 aromatic heterocycles. The van der Waals surface area contributed by atoms with E-state index in [-0.39, 0.29) is 34.5 Å². The molecule has 0 saturated carbocycles. The zero-order chi connectivity index (χ0) is 31.4. The van der Waals surface area contributed by atoms with Crippen LogP contribution in [0.4, 0.5) is 22.9 Å². The van der Waals surface area contributed by atoms with E-state index in [0.29, 0.717) is 28.3 Å². The van der Waals surface area contributed by atoms with Crippen LogP contribution in [0.15, 0.2) is 77.7 Å². The molecule has 9 heteroatoms. The number of nitrogens with one attached hydrogen (secondary N) is 4. The number of aryl methyl sites for hydroxylation is 1. The number of piperidine rings is 1. The second kappa shape index (κ2) is 12.9. The van der Waals surface area contributed by atoms with Crippen LogP contribution in [-0.2, 0) is 17.3 Å². The summed E-state index contributed by atoms with van der Waals surface area (Å²) in [6.07, 6.45) is 3.35. The van der Waals surface area contributed by atoms with Gasteiger partial charge in [0.15, 0.2) is 5.82 Å². The summed E-state index contributed by atoms with van der Waals surface area (Å²) in [5.74, 6) is 0.0167. The smallest absolute Gasteiger partial charge is 0.293 e. The minimum Gasteiger partial charge on any atom is -0.336 e. The summed E-state index contributed by atoms with van der Waals surface area (Å²) in [5, 5.41) is 12.4. The van der Waals surface area contributed by atoms with Gasteiger partial charge in [-0.25, -0.2) is 4.98 Å². The zero-order valence-corrected chi connectivity index (χ0v) is 26.0. The van der Waals surface area contributed by atoms with Gasteiger partial charge in [0.25, 0.3) is 11.5 Å². The van der Waals surface area contributed by atoms with Crippen LogP contribution in [0, 0.1) is 12.8 Å². The van der Waals surface area contributed by atoms with Crippen LogP contribution in [0.3, 0.4) is 0 Å². The molecule has 2 amide bonds. The maximum absolute atomic E-state index is 13.1. The van der Waals surface area contributed by atoms with Crippen molar-refractivity contribution >= 4 is 34.7 Å². The standard InChI is InChI=1S/C35H40N6O3/c1-22-28(7-6-8-29(22)40-33(43)23-9-11-25(12-10-23)35(2,3)4)30-21-41(5)34(44)31(39-30)37-26-13-15-27(16-14-26)38-32(42)24-17-19-36-20-18-24/h6-16,21,24,36H,17-20H2,1-5H3,(H,37,39)(H,38,42)(H,40,43). The molecular formula is C35H40N6O3. The molecule has 5 rings (SSSR count). The Labute approximate surface area is 258 Å². The monoisotopic (exact) mass is 592 g/mol. The van der Waals surface area contributed by atoms with Crippen molar-refractivity contribution in [2.45, 2.75) is 46.0 Å². The molecule has 0 atom stereocenters. The predicted octanol–water partition coefficient (Wildman–Crippen LogP) is 5.99. The molecule has 228 valence electrons. The van der Waals surface area contributed by atoms with Gasteiger partial charge in [-0.1, -0.05) is 45.0 Å². The van der Waals surface area contributed by atoms with E-state index in [9.17, 15) is 14.4 Å². The quantitative estimate of drug-likeness (QED) is 0.210. The Morgan fingerprint density at radius 2 is 1.57 bits per heavy atom. The minimum absolute atomic E-state index is 0.00388. The number of anilines is 4. The van der Waals surface area contributed by atoms with Gasteiger partial charge in [-0.3, -0.25) is 14.4 Å². The van der Waals surface area contributed by atoms with Crippen LogP contribution in [-0.4, -0.2) is 34.5 Å². The maximum atomic E-state index is 13.1. The number of hydrogen-bond donors (Lipinski definition) is 4. The molecule has 0 radical (unpaired) electrons. The molecule has 0 unspecified atom stereocenters. The van der Waals surface area contributed by atoms with Gasteiger partial charge in [-0.05, 0) is 91.9 Å². The minimum atomic E-state index is -0.280. The Hall–Kier alpha value is -4.76. The molecular weight excluding hydrogens is 552 g/mol. The number of carbonyl (C=O) groups is 2. The van der Waals surface area contributed by atoms with Crippen LogP contribution < -0.4 is 26.8 Å². The van der Waals surface area contributed by atoms with E-state index >= 15 is 0 Å². The lowest BCUT2D eigenvalue weighted by atomic mass is 9.86.